The van der Waals surface area contributed by atoms with Gasteiger partial charge in [0.15, 0.2) is 5.16 Å². The van der Waals surface area contributed by atoms with Crippen LogP contribution in [0.15, 0.2) is 16.0 Å². The Bertz CT molecular complexity index is 441. The highest BCUT2D eigenvalue weighted by molar-refractivity contribution is 7.99. The predicted molar refractivity (Wildman–Crippen MR) is 79.8 cm³/mol. The zero-order valence-corrected chi connectivity index (χ0v) is 12.4. The first-order valence-electron chi connectivity index (χ1n) is 7.21. The van der Waals surface area contributed by atoms with Gasteiger partial charge in [-0.05, 0) is 44.7 Å². The highest BCUT2D eigenvalue weighted by atomic mass is 32.2. The topological polar surface area (TPSA) is 57.8 Å². The fourth-order valence-corrected chi connectivity index (χ4v) is 3.43. The largest absolute Gasteiger partial charge is 0.317 e. The second-order valence-electron chi connectivity index (χ2n) is 5.12. The molecule has 1 aromatic heterocycles. The molecule has 19 heavy (non-hydrogen) atoms. The Morgan fingerprint density at radius 1 is 1.42 bits per heavy atom. The van der Waals surface area contributed by atoms with E-state index >= 15 is 0 Å². The van der Waals surface area contributed by atoms with Gasteiger partial charge in [0, 0.05) is 17.5 Å². The predicted octanol–water partition coefficient (Wildman–Crippen LogP) is 2.20. The summed E-state index contributed by atoms with van der Waals surface area (Å²) in [4.78, 5) is 18.9. The minimum absolute atomic E-state index is 0.0252. The van der Waals surface area contributed by atoms with Gasteiger partial charge in [0.2, 0.25) is 0 Å². The van der Waals surface area contributed by atoms with Gasteiger partial charge >= 0.3 is 0 Å². The molecule has 5 heteroatoms. The fourth-order valence-electron chi connectivity index (χ4n) is 2.43. The molecule has 2 heterocycles. The maximum atomic E-state index is 11.5. The third kappa shape index (κ3) is 4.99. The zero-order chi connectivity index (χ0) is 13.5. The Morgan fingerprint density at radius 2 is 2.21 bits per heavy atom. The minimum Gasteiger partial charge on any atom is -0.317 e. The zero-order valence-electron chi connectivity index (χ0n) is 11.6. The molecule has 0 saturated carbocycles. The molecule has 0 atom stereocenters. The van der Waals surface area contributed by atoms with E-state index in [4.69, 9.17) is 0 Å². The number of hydrogen-bond donors (Lipinski definition) is 2. The van der Waals surface area contributed by atoms with E-state index in [1.54, 1.807) is 17.8 Å². The summed E-state index contributed by atoms with van der Waals surface area (Å²) in [5.41, 5.74) is 0.887. The van der Waals surface area contributed by atoms with Gasteiger partial charge in [-0.15, -0.1) is 0 Å². The van der Waals surface area contributed by atoms with Crippen LogP contribution in [0.5, 0.6) is 0 Å². The van der Waals surface area contributed by atoms with Gasteiger partial charge in [-0.25, -0.2) is 4.98 Å². The molecule has 2 N–H and O–H groups in total. The molecule has 0 amide bonds. The Hall–Kier alpha value is -0.810. The van der Waals surface area contributed by atoms with Gasteiger partial charge in [0.05, 0.1) is 0 Å². The lowest BCUT2D eigenvalue weighted by Crippen LogP contribution is -2.27. The molecule has 0 spiro atoms. The second-order valence-corrected chi connectivity index (χ2v) is 6.21. The van der Waals surface area contributed by atoms with E-state index < -0.39 is 0 Å². The van der Waals surface area contributed by atoms with E-state index in [1.807, 2.05) is 0 Å². The van der Waals surface area contributed by atoms with Crippen LogP contribution in [-0.4, -0.2) is 28.8 Å². The smallest absolute Gasteiger partial charge is 0.251 e. The summed E-state index contributed by atoms with van der Waals surface area (Å²) in [6.45, 7) is 4.40. The van der Waals surface area contributed by atoms with E-state index in [1.165, 1.54) is 19.3 Å². The summed E-state index contributed by atoms with van der Waals surface area (Å²) in [7, 11) is 0. The monoisotopic (exact) mass is 281 g/mol. The molecule has 1 fully saturated rings. The molecule has 0 radical (unpaired) electrons. The second kappa shape index (κ2) is 7.70. The first-order valence-corrected chi connectivity index (χ1v) is 8.20. The molecule has 1 aliphatic heterocycles. The van der Waals surface area contributed by atoms with Crippen LogP contribution in [0.4, 0.5) is 0 Å². The van der Waals surface area contributed by atoms with Crippen molar-refractivity contribution in [1.29, 1.82) is 0 Å². The molecule has 0 aliphatic carbocycles. The highest BCUT2D eigenvalue weighted by Crippen LogP contribution is 2.21. The van der Waals surface area contributed by atoms with Crippen molar-refractivity contribution in [3.63, 3.8) is 0 Å². The number of piperidine rings is 1. The third-order valence-corrected chi connectivity index (χ3v) is 4.41. The summed E-state index contributed by atoms with van der Waals surface area (Å²) in [6.07, 6.45) is 5.68. The molecule has 1 saturated heterocycles. The van der Waals surface area contributed by atoms with Gasteiger partial charge in [0.25, 0.3) is 5.56 Å². The van der Waals surface area contributed by atoms with Crippen LogP contribution in [0.3, 0.4) is 0 Å². The molecule has 4 nitrogen and oxygen atoms in total. The van der Waals surface area contributed by atoms with Crippen molar-refractivity contribution in [2.75, 3.05) is 18.8 Å². The number of nitrogens with zero attached hydrogens (tertiary/aromatic N) is 1. The Labute approximate surface area is 118 Å². The maximum absolute atomic E-state index is 11.5. The number of H-pyrrole nitrogens is 1. The SMILES string of the molecule is CCCc1cc(=O)[nH]c(SCCC2CCNCC2)n1. The lowest BCUT2D eigenvalue weighted by molar-refractivity contribution is 0.367. The van der Waals surface area contributed by atoms with Crippen LogP contribution >= 0.6 is 11.8 Å². The van der Waals surface area contributed by atoms with Gasteiger partial charge in [0.1, 0.15) is 0 Å². The number of nitrogens with one attached hydrogen (secondary N) is 2. The Kier molecular flexibility index (Phi) is 5.92. The molecular formula is C14H23N3OS. The number of aromatic amines is 1. The van der Waals surface area contributed by atoms with Gasteiger partial charge in [-0.3, -0.25) is 4.79 Å². The van der Waals surface area contributed by atoms with Crippen molar-refractivity contribution in [1.82, 2.24) is 15.3 Å². The van der Waals surface area contributed by atoms with Crippen molar-refractivity contribution < 1.29 is 0 Å². The van der Waals surface area contributed by atoms with E-state index in [2.05, 4.69) is 22.2 Å². The first kappa shape index (κ1) is 14.6. The summed E-state index contributed by atoms with van der Waals surface area (Å²) in [6, 6.07) is 1.61. The molecule has 1 aromatic rings. The van der Waals surface area contributed by atoms with Crippen molar-refractivity contribution in [3.05, 3.63) is 22.1 Å². The third-order valence-electron chi connectivity index (χ3n) is 3.50. The van der Waals surface area contributed by atoms with Gasteiger partial charge < -0.3 is 10.3 Å². The van der Waals surface area contributed by atoms with E-state index in [0.29, 0.717) is 0 Å². The lowest BCUT2D eigenvalue weighted by atomic mass is 9.96. The molecular weight excluding hydrogens is 258 g/mol. The quantitative estimate of drug-likeness (QED) is 0.620. The van der Waals surface area contributed by atoms with E-state index in [9.17, 15) is 4.79 Å². The van der Waals surface area contributed by atoms with Crippen LogP contribution < -0.4 is 10.9 Å². The highest BCUT2D eigenvalue weighted by Gasteiger charge is 2.12. The minimum atomic E-state index is -0.0252. The molecule has 2 rings (SSSR count). The number of aryl methyl sites for hydroxylation is 1. The summed E-state index contributed by atoms with van der Waals surface area (Å²) in [5, 5.41) is 4.17. The summed E-state index contributed by atoms with van der Waals surface area (Å²) < 4.78 is 0. The standard InChI is InChI=1S/C14H23N3OS/c1-2-3-12-10-13(18)17-14(16-12)19-9-6-11-4-7-15-8-5-11/h10-11,15H,2-9H2,1H3,(H,16,17,18). The molecule has 0 bridgehead atoms. The molecule has 0 unspecified atom stereocenters. The fraction of sp³-hybridized carbons (Fsp3) is 0.714. The van der Waals surface area contributed by atoms with Crippen molar-refractivity contribution in [3.8, 4) is 0 Å². The van der Waals surface area contributed by atoms with Crippen LogP contribution in [0.25, 0.3) is 0 Å². The number of hydrogen-bond acceptors (Lipinski definition) is 4. The van der Waals surface area contributed by atoms with Crippen LogP contribution in [0.2, 0.25) is 0 Å². The van der Waals surface area contributed by atoms with Crippen molar-refractivity contribution in [2.45, 2.75) is 44.2 Å². The molecule has 106 valence electrons. The van der Waals surface area contributed by atoms with Crippen LogP contribution in [0.1, 0.15) is 38.3 Å². The number of rotatable bonds is 6. The average molecular weight is 281 g/mol. The maximum Gasteiger partial charge on any atom is 0.251 e. The van der Waals surface area contributed by atoms with Crippen LogP contribution in [-0.2, 0) is 6.42 Å². The van der Waals surface area contributed by atoms with Crippen LogP contribution in [0, 0.1) is 5.92 Å². The first-order chi connectivity index (χ1) is 9.28. The summed E-state index contributed by atoms with van der Waals surface area (Å²) >= 11 is 1.68. The lowest BCUT2D eigenvalue weighted by Gasteiger charge is -2.22. The van der Waals surface area contributed by atoms with Crippen molar-refractivity contribution in [2.24, 2.45) is 5.92 Å². The van der Waals surface area contributed by atoms with E-state index in [0.717, 1.165) is 48.5 Å². The van der Waals surface area contributed by atoms with Gasteiger partial charge in [-0.2, -0.15) is 0 Å². The Morgan fingerprint density at radius 3 is 2.95 bits per heavy atom. The summed E-state index contributed by atoms with van der Waals surface area (Å²) in [5.74, 6) is 1.88. The van der Waals surface area contributed by atoms with Crippen molar-refractivity contribution >= 4 is 11.8 Å². The molecule has 0 aromatic carbocycles. The molecule has 1 aliphatic rings. The van der Waals surface area contributed by atoms with Gasteiger partial charge in [-0.1, -0.05) is 25.1 Å². The number of aromatic nitrogens is 2. The van der Waals surface area contributed by atoms with E-state index in [-0.39, 0.29) is 5.56 Å². The Balaban J connectivity index is 1.82. The number of thioether (sulfide) groups is 1. The normalized spacial score (nSPS) is 16.7. The average Bonchev–Trinajstić information content (AvgIpc) is 2.40.